The van der Waals surface area contributed by atoms with Crippen LogP contribution in [0.5, 0.6) is 0 Å². The molecule has 0 fully saturated rings. The van der Waals surface area contributed by atoms with Crippen LogP contribution in [0.1, 0.15) is 27.9 Å². The van der Waals surface area contributed by atoms with Crippen LogP contribution in [-0.2, 0) is 16.6 Å². The standard InChI is InChI=1S/C17H15BrFNO3S/c1-11-2-4-13(5-3-11)24(22,23)20-7-6-17(21)14-8-12(18)9-16(19)15(14)10-20/h2-5,8-9H,6-7,10H2,1H3. The maximum Gasteiger partial charge on any atom is 0.243 e. The average Bonchev–Trinajstić information content (AvgIpc) is 2.68. The lowest BCUT2D eigenvalue weighted by Crippen LogP contribution is -2.31. The maximum absolute atomic E-state index is 14.3. The first-order valence-electron chi connectivity index (χ1n) is 7.37. The number of Topliss-reactive ketones (excluding diaryl/α,β-unsaturated/α-hetero) is 1. The van der Waals surface area contributed by atoms with Gasteiger partial charge in [0.25, 0.3) is 0 Å². The van der Waals surface area contributed by atoms with Crippen molar-refractivity contribution >= 4 is 31.7 Å². The number of carbonyl (C=O) groups excluding carboxylic acids is 1. The van der Waals surface area contributed by atoms with Gasteiger partial charge in [-0.05, 0) is 31.2 Å². The molecule has 0 unspecified atom stereocenters. The fraction of sp³-hybridized carbons (Fsp3) is 0.235. The van der Waals surface area contributed by atoms with E-state index in [1.54, 1.807) is 18.2 Å². The number of rotatable bonds is 2. The van der Waals surface area contributed by atoms with Gasteiger partial charge in [-0.2, -0.15) is 4.31 Å². The van der Waals surface area contributed by atoms with Crippen molar-refractivity contribution in [2.24, 2.45) is 0 Å². The summed E-state index contributed by atoms with van der Waals surface area (Å²) in [6.07, 6.45) is 0.0218. The fourth-order valence-electron chi connectivity index (χ4n) is 2.69. The van der Waals surface area contributed by atoms with Gasteiger partial charge < -0.3 is 0 Å². The zero-order chi connectivity index (χ0) is 17.5. The van der Waals surface area contributed by atoms with Gasteiger partial charge in [0.15, 0.2) is 5.78 Å². The first kappa shape index (κ1) is 17.3. The number of carbonyl (C=O) groups is 1. The van der Waals surface area contributed by atoms with Gasteiger partial charge in [-0.3, -0.25) is 4.79 Å². The second-order valence-electron chi connectivity index (χ2n) is 5.74. The highest BCUT2D eigenvalue weighted by Crippen LogP contribution is 2.28. The van der Waals surface area contributed by atoms with Crippen LogP contribution < -0.4 is 0 Å². The highest BCUT2D eigenvalue weighted by Gasteiger charge is 2.31. The Morgan fingerprint density at radius 3 is 2.50 bits per heavy atom. The summed E-state index contributed by atoms with van der Waals surface area (Å²) in [5, 5.41) is 0. The van der Waals surface area contributed by atoms with Crippen molar-refractivity contribution in [2.75, 3.05) is 6.54 Å². The lowest BCUT2D eigenvalue weighted by Gasteiger charge is -2.20. The van der Waals surface area contributed by atoms with Gasteiger partial charge in [0.2, 0.25) is 10.0 Å². The summed E-state index contributed by atoms with van der Waals surface area (Å²) in [6, 6.07) is 9.26. The molecular formula is C17H15BrFNO3S. The first-order valence-corrected chi connectivity index (χ1v) is 9.60. The summed E-state index contributed by atoms with van der Waals surface area (Å²) in [4.78, 5) is 12.4. The molecule has 0 N–H and O–H groups in total. The first-order chi connectivity index (χ1) is 11.3. The monoisotopic (exact) mass is 411 g/mol. The zero-order valence-corrected chi connectivity index (χ0v) is 15.3. The van der Waals surface area contributed by atoms with Crippen molar-refractivity contribution in [1.29, 1.82) is 0 Å². The van der Waals surface area contributed by atoms with Crippen LogP contribution in [0.4, 0.5) is 4.39 Å². The topological polar surface area (TPSA) is 54.5 Å². The number of nitrogens with zero attached hydrogens (tertiary/aromatic N) is 1. The number of hydrogen-bond acceptors (Lipinski definition) is 3. The third-order valence-corrected chi connectivity index (χ3v) is 6.36. The van der Waals surface area contributed by atoms with Crippen LogP contribution in [0, 0.1) is 12.7 Å². The Kier molecular flexibility index (Phi) is 4.59. The summed E-state index contributed by atoms with van der Waals surface area (Å²) >= 11 is 3.17. The van der Waals surface area contributed by atoms with E-state index in [4.69, 9.17) is 0 Å². The Morgan fingerprint density at radius 2 is 1.83 bits per heavy atom. The lowest BCUT2D eigenvalue weighted by atomic mass is 10.0. The molecule has 1 aliphatic rings. The Hall–Kier alpha value is -1.57. The average molecular weight is 412 g/mol. The summed E-state index contributed by atoms with van der Waals surface area (Å²) in [5.41, 5.74) is 1.31. The molecule has 3 rings (SSSR count). The Labute approximate surface area is 148 Å². The fourth-order valence-corrected chi connectivity index (χ4v) is 4.53. The molecule has 1 aliphatic heterocycles. The normalized spacial score (nSPS) is 15.9. The predicted octanol–water partition coefficient (Wildman–Crippen LogP) is 3.67. The number of halogens is 2. The largest absolute Gasteiger partial charge is 0.294 e. The molecule has 0 aromatic heterocycles. The van der Waals surface area contributed by atoms with Crippen molar-refractivity contribution in [3.8, 4) is 0 Å². The summed E-state index contributed by atoms with van der Waals surface area (Å²) in [7, 11) is -3.79. The molecule has 2 aromatic carbocycles. The van der Waals surface area contributed by atoms with Gasteiger partial charge in [0, 0.05) is 35.1 Å². The molecule has 24 heavy (non-hydrogen) atoms. The van der Waals surface area contributed by atoms with Crippen LogP contribution in [0.25, 0.3) is 0 Å². The molecule has 0 atom stereocenters. The van der Waals surface area contributed by atoms with Crippen molar-refractivity contribution < 1.29 is 17.6 Å². The van der Waals surface area contributed by atoms with Gasteiger partial charge >= 0.3 is 0 Å². The number of aryl methyl sites for hydroxylation is 1. The summed E-state index contributed by atoms with van der Waals surface area (Å²) in [5.74, 6) is -0.842. The Bertz CT molecular complexity index is 910. The van der Waals surface area contributed by atoms with E-state index in [-0.39, 0.29) is 41.3 Å². The van der Waals surface area contributed by atoms with Crippen LogP contribution in [0.15, 0.2) is 45.8 Å². The molecule has 0 bridgehead atoms. The molecular weight excluding hydrogens is 397 g/mol. The number of fused-ring (bicyclic) bond motifs is 1. The smallest absolute Gasteiger partial charge is 0.243 e. The van der Waals surface area contributed by atoms with E-state index >= 15 is 0 Å². The van der Waals surface area contributed by atoms with Gasteiger partial charge in [-0.25, -0.2) is 12.8 Å². The molecule has 0 saturated heterocycles. The minimum absolute atomic E-state index is 0.0218. The molecule has 7 heteroatoms. The quantitative estimate of drug-likeness (QED) is 0.757. The molecule has 0 aliphatic carbocycles. The summed E-state index contributed by atoms with van der Waals surface area (Å²) < 4.78 is 41.6. The third kappa shape index (κ3) is 3.16. The van der Waals surface area contributed by atoms with Crippen LogP contribution in [0.3, 0.4) is 0 Å². The highest BCUT2D eigenvalue weighted by molar-refractivity contribution is 9.10. The zero-order valence-electron chi connectivity index (χ0n) is 12.9. The molecule has 0 spiro atoms. The van der Waals surface area contributed by atoms with Crippen LogP contribution in [-0.4, -0.2) is 25.1 Å². The molecule has 2 aromatic rings. The van der Waals surface area contributed by atoms with E-state index in [2.05, 4.69) is 15.9 Å². The van der Waals surface area contributed by atoms with Gasteiger partial charge in [-0.1, -0.05) is 33.6 Å². The van der Waals surface area contributed by atoms with Gasteiger partial charge in [-0.15, -0.1) is 0 Å². The van der Waals surface area contributed by atoms with Crippen molar-refractivity contribution in [3.05, 3.63) is 63.4 Å². The maximum atomic E-state index is 14.3. The lowest BCUT2D eigenvalue weighted by molar-refractivity contribution is 0.0981. The van der Waals surface area contributed by atoms with E-state index in [1.807, 2.05) is 6.92 Å². The van der Waals surface area contributed by atoms with Crippen molar-refractivity contribution in [1.82, 2.24) is 4.31 Å². The number of sulfonamides is 1. The second-order valence-corrected chi connectivity index (χ2v) is 8.59. The number of hydrogen-bond donors (Lipinski definition) is 0. The van der Waals surface area contributed by atoms with Gasteiger partial charge in [0.05, 0.1) is 4.90 Å². The van der Waals surface area contributed by atoms with Crippen LogP contribution in [0.2, 0.25) is 0 Å². The molecule has 0 saturated carbocycles. The van der Waals surface area contributed by atoms with E-state index in [1.165, 1.54) is 22.5 Å². The number of ketones is 1. The third-order valence-electron chi connectivity index (χ3n) is 4.04. The molecule has 0 amide bonds. The van der Waals surface area contributed by atoms with E-state index in [9.17, 15) is 17.6 Å². The summed E-state index contributed by atoms with van der Waals surface area (Å²) in [6.45, 7) is 1.74. The molecule has 126 valence electrons. The predicted molar refractivity (Wildman–Crippen MR) is 91.8 cm³/mol. The molecule has 0 radical (unpaired) electrons. The second kappa shape index (κ2) is 6.38. The highest BCUT2D eigenvalue weighted by atomic mass is 79.9. The van der Waals surface area contributed by atoms with Crippen LogP contribution >= 0.6 is 15.9 Å². The Balaban J connectivity index is 2.04. The Morgan fingerprint density at radius 1 is 1.17 bits per heavy atom. The van der Waals surface area contributed by atoms with E-state index in [0.29, 0.717) is 4.47 Å². The SMILES string of the molecule is Cc1ccc(S(=O)(=O)N2CCC(=O)c3cc(Br)cc(F)c3C2)cc1. The van der Waals surface area contributed by atoms with Crippen molar-refractivity contribution in [3.63, 3.8) is 0 Å². The minimum Gasteiger partial charge on any atom is -0.294 e. The minimum atomic E-state index is -3.79. The molecule has 4 nitrogen and oxygen atoms in total. The van der Waals surface area contributed by atoms with E-state index in [0.717, 1.165) is 5.56 Å². The number of benzene rings is 2. The van der Waals surface area contributed by atoms with E-state index < -0.39 is 15.8 Å². The van der Waals surface area contributed by atoms with Gasteiger partial charge in [0.1, 0.15) is 5.82 Å². The molecule has 1 heterocycles. The van der Waals surface area contributed by atoms with Crippen molar-refractivity contribution in [2.45, 2.75) is 24.8 Å².